The monoisotopic (exact) mass is 242 g/mol. The number of hydrogen-bond acceptors (Lipinski definition) is 4. The van der Waals surface area contributed by atoms with Crippen LogP contribution in [0.1, 0.15) is 45.9 Å². The Balaban J connectivity index is 2.71. The number of aliphatic hydroxyl groups excluding tert-OH is 1. The van der Waals surface area contributed by atoms with E-state index in [-0.39, 0.29) is 0 Å². The van der Waals surface area contributed by atoms with Crippen LogP contribution in [0.2, 0.25) is 0 Å². The molecular weight excluding hydrogens is 220 g/mol. The Hall–Kier alpha value is -0.610. The molecule has 0 saturated carbocycles. The fourth-order valence-electron chi connectivity index (χ4n) is 1.46. The first-order valence-corrected chi connectivity index (χ1v) is 6.84. The van der Waals surface area contributed by atoms with E-state index in [1.165, 1.54) is 6.42 Å². The Labute approximate surface area is 102 Å². The molecule has 0 saturated heterocycles. The molecule has 0 radical (unpaired) electrons. The third-order valence-electron chi connectivity index (χ3n) is 2.82. The van der Waals surface area contributed by atoms with E-state index in [1.807, 2.05) is 5.38 Å². The number of hydrogen-bond donors (Lipinski definition) is 1. The Kier molecular flexibility index (Phi) is 5.22. The molecule has 0 amide bonds. The van der Waals surface area contributed by atoms with Gasteiger partial charge in [0.1, 0.15) is 0 Å². The van der Waals surface area contributed by atoms with Crippen LogP contribution in [-0.2, 0) is 0 Å². The van der Waals surface area contributed by atoms with Gasteiger partial charge in [-0.1, -0.05) is 20.3 Å². The Bertz CT molecular complexity index is 312. The maximum absolute atomic E-state index is 9.45. The highest BCUT2D eigenvalue weighted by Crippen LogP contribution is 2.24. The first-order valence-electron chi connectivity index (χ1n) is 5.96. The number of nitrogens with zero attached hydrogens (tertiary/aromatic N) is 2. The molecule has 0 bridgehead atoms. The lowest BCUT2D eigenvalue weighted by Gasteiger charge is -2.23. The van der Waals surface area contributed by atoms with Gasteiger partial charge in [-0.25, -0.2) is 4.98 Å². The maximum atomic E-state index is 9.45. The second-order valence-electron chi connectivity index (χ2n) is 4.28. The van der Waals surface area contributed by atoms with E-state index in [0.717, 1.165) is 23.9 Å². The van der Waals surface area contributed by atoms with Crippen molar-refractivity contribution in [1.82, 2.24) is 4.98 Å². The topological polar surface area (TPSA) is 36.4 Å². The quantitative estimate of drug-likeness (QED) is 0.833. The first kappa shape index (κ1) is 13.5. The minimum atomic E-state index is -0.465. The summed E-state index contributed by atoms with van der Waals surface area (Å²) in [5, 5.41) is 12.4. The van der Waals surface area contributed by atoms with E-state index in [9.17, 15) is 5.11 Å². The average Bonchev–Trinajstić information content (AvgIpc) is 2.74. The number of thiazole rings is 1. The van der Waals surface area contributed by atoms with E-state index >= 15 is 0 Å². The van der Waals surface area contributed by atoms with Crippen LogP contribution in [0, 0.1) is 5.92 Å². The van der Waals surface area contributed by atoms with Gasteiger partial charge in [0, 0.05) is 18.5 Å². The lowest BCUT2D eigenvalue weighted by molar-refractivity contribution is 0.195. The van der Waals surface area contributed by atoms with Crippen molar-refractivity contribution in [3.8, 4) is 0 Å². The van der Waals surface area contributed by atoms with E-state index in [4.69, 9.17) is 0 Å². The Morgan fingerprint density at radius 2 is 2.12 bits per heavy atom. The number of anilines is 1. The fraction of sp³-hybridized carbons (Fsp3) is 0.750. The zero-order valence-corrected chi connectivity index (χ0v) is 11.4. The van der Waals surface area contributed by atoms with Crippen LogP contribution in [0.4, 0.5) is 5.13 Å². The predicted molar refractivity (Wildman–Crippen MR) is 70.1 cm³/mol. The van der Waals surface area contributed by atoms with Crippen molar-refractivity contribution in [2.45, 2.75) is 40.2 Å². The largest absolute Gasteiger partial charge is 0.387 e. The van der Waals surface area contributed by atoms with Crippen LogP contribution in [-0.4, -0.2) is 23.2 Å². The number of aromatic nitrogens is 1. The van der Waals surface area contributed by atoms with Gasteiger partial charge in [0.25, 0.3) is 0 Å². The molecule has 92 valence electrons. The van der Waals surface area contributed by atoms with Gasteiger partial charge in [-0.15, -0.1) is 11.3 Å². The maximum Gasteiger partial charge on any atom is 0.185 e. The third-order valence-corrected chi connectivity index (χ3v) is 3.74. The summed E-state index contributed by atoms with van der Waals surface area (Å²) in [5.41, 5.74) is 0.780. The summed E-state index contributed by atoms with van der Waals surface area (Å²) >= 11 is 1.62. The number of rotatable bonds is 6. The molecule has 0 aliphatic heterocycles. The highest BCUT2D eigenvalue weighted by molar-refractivity contribution is 7.13. The van der Waals surface area contributed by atoms with Crippen molar-refractivity contribution >= 4 is 16.5 Å². The molecule has 2 unspecified atom stereocenters. The smallest absolute Gasteiger partial charge is 0.185 e. The Morgan fingerprint density at radius 3 is 2.56 bits per heavy atom. The molecule has 1 N–H and O–H groups in total. The molecule has 3 nitrogen and oxygen atoms in total. The molecule has 1 heterocycles. The lowest BCUT2D eigenvalue weighted by atomic mass is 10.1. The normalized spacial score (nSPS) is 14.8. The average molecular weight is 242 g/mol. The van der Waals surface area contributed by atoms with E-state index in [0.29, 0.717) is 5.92 Å². The summed E-state index contributed by atoms with van der Waals surface area (Å²) in [6, 6.07) is 0. The van der Waals surface area contributed by atoms with E-state index in [2.05, 4.69) is 30.7 Å². The molecule has 0 spiro atoms. The highest BCUT2D eigenvalue weighted by Gasteiger charge is 2.13. The molecule has 0 fully saturated rings. The lowest BCUT2D eigenvalue weighted by Crippen LogP contribution is -2.27. The predicted octanol–water partition coefficient (Wildman–Crippen LogP) is 3.07. The molecule has 1 aromatic heterocycles. The summed E-state index contributed by atoms with van der Waals surface area (Å²) in [6.07, 6.45) is 0.720. The van der Waals surface area contributed by atoms with Crippen LogP contribution in [0.15, 0.2) is 5.38 Å². The van der Waals surface area contributed by atoms with Crippen LogP contribution in [0.5, 0.6) is 0 Å². The zero-order chi connectivity index (χ0) is 12.1. The van der Waals surface area contributed by atoms with Gasteiger partial charge in [0.2, 0.25) is 0 Å². The van der Waals surface area contributed by atoms with Crippen LogP contribution in [0.3, 0.4) is 0 Å². The minimum Gasteiger partial charge on any atom is -0.387 e. The molecule has 0 aliphatic rings. The van der Waals surface area contributed by atoms with Gasteiger partial charge in [-0.05, 0) is 19.8 Å². The molecule has 16 heavy (non-hydrogen) atoms. The van der Waals surface area contributed by atoms with Gasteiger partial charge in [-0.3, -0.25) is 0 Å². The van der Waals surface area contributed by atoms with Crippen molar-refractivity contribution in [1.29, 1.82) is 0 Å². The van der Waals surface area contributed by atoms with Gasteiger partial charge in [0.05, 0.1) is 11.8 Å². The van der Waals surface area contributed by atoms with Crippen molar-refractivity contribution < 1.29 is 5.11 Å². The van der Waals surface area contributed by atoms with E-state index in [1.54, 1.807) is 18.3 Å². The third kappa shape index (κ3) is 3.46. The highest BCUT2D eigenvalue weighted by atomic mass is 32.1. The molecule has 4 heteroatoms. The van der Waals surface area contributed by atoms with Crippen LogP contribution in [0.25, 0.3) is 0 Å². The summed E-state index contributed by atoms with van der Waals surface area (Å²) in [4.78, 5) is 6.75. The standard InChI is InChI=1S/C12H22N2OS/c1-5-9(3)7-14(6-2)12-13-11(8-16-12)10(4)15/h8-10,15H,5-7H2,1-4H3. The molecular formula is C12H22N2OS. The second-order valence-corrected chi connectivity index (χ2v) is 5.12. The summed E-state index contributed by atoms with van der Waals surface area (Å²) < 4.78 is 0. The molecule has 1 aromatic rings. The van der Waals surface area contributed by atoms with Gasteiger partial charge in [-0.2, -0.15) is 0 Å². The van der Waals surface area contributed by atoms with Gasteiger partial charge >= 0.3 is 0 Å². The van der Waals surface area contributed by atoms with Crippen molar-refractivity contribution in [2.75, 3.05) is 18.0 Å². The van der Waals surface area contributed by atoms with Crippen molar-refractivity contribution in [3.63, 3.8) is 0 Å². The van der Waals surface area contributed by atoms with Crippen molar-refractivity contribution in [3.05, 3.63) is 11.1 Å². The van der Waals surface area contributed by atoms with Gasteiger partial charge < -0.3 is 10.0 Å². The van der Waals surface area contributed by atoms with Crippen LogP contribution >= 0.6 is 11.3 Å². The summed E-state index contributed by atoms with van der Waals surface area (Å²) in [6.45, 7) is 10.4. The Morgan fingerprint density at radius 1 is 1.44 bits per heavy atom. The van der Waals surface area contributed by atoms with Crippen LogP contribution < -0.4 is 4.90 Å². The molecule has 2 atom stereocenters. The zero-order valence-electron chi connectivity index (χ0n) is 10.6. The summed E-state index contributed by atoms with van der Waals surface area (Å²) in [5.74, 6) is 0.679. The number of aliphatic hydroxyl groups is 1. The minimum absolute atomic E-state index is 0.465. The SMILES string of the molecule is CCC(C)CN(CC)c1nc(C(C)O)cs1. The van der Waals surface area contributed by atoms with Gasteiger partial charge in [0.15, 0.2) is 5.13 Å². The second kappa shape index (κ2) is 6.21. The summed E-state index contributed by atoms with van der Waals surface area (Å²) in [7, 11) is 0. The van der Waals surface area contributed by atoms with E-state index < -0.39 is 6.10 Å². The van der Waals surface area contributed by atoms with Crippen molar-refractivity contribution in [2.24, 2.45) is 5.92 Å². The molecule has 0 aliphatic carbocycles. The first-order chi connectivity index (χ1) is 7.58. The molecule has 1 rings (SSSR count). The molecule has 0 aromatic carbocycles. The fourth-order valence-corrected chi connectivity index (χ4v) is 2.45.